The number of hydrazone groups is 1. The topological polar surface area (TPSA) is 141 Å². The zero-order chi connectivity index (χ0) is 26.8. The SMILES string of the molecule is O=C(/C=C/c1ccccc1[N+](=O)[O-])N1N=C(c2ccc([N+](=O)[O-])cc2)OC1c1cc2ccccc2nc1Cl. The highest BCUT2D eigenvalue weighted by molar-refractivity contribution is 6.30. The lowest BCUT2D eigenvalue weighted by Crippen LogP contribution is -2.26. The summed E-state index contributed by atoms with van der Waals surface area (Å²) in [5, 5.41) is 28.6. The van der Waals surface area contributed by atoms with E-state index in [1.165, 1.54) is 48.5 Å². The van der Waals surface area contributed by atoms with Crippen LogP contribution in [-0.4, -0.2) is 31.6 Å². The quantitative estimate of drug-likeness (QED) is 0.136. The summed E-state index contributed by atoms with van der Waals surface area (Å²) in [7, 11) is 0. The molecule has 0 bridgehead atoms. The number of halogens is 1. The molecule has 2 heterocycles. The van der Waals surface area contributed by atoms with Crippen LogP contribution in [0.15, 0.2) is 90.0 Å². The van der Waals surface area contributed by atoms with Crippen molar-refractivity contribution in [3.8, 4) is 0 Å². The molecule has 3 aromatic carbocycles. The lowest BCUT2D eigenvalue weighted by atomic mass is 10.1. The van der Waals surface area contributed by atoms with Gasteiger partial charge in [-0.25, -0.2) is 4.98 Å². The van der Waals surface area contributed by atoms with Crippen molar-refractivity contribution < 1.29 is 19.4 Å². The van der Waals surface area contributed by atoms with Gasteiger partial charge in [0.1, 0.15) is 5.15 Å². The van der Waals surface area contributed by atoms with Gasteiger partial charge in [0.25, 0.3) is 17.3 Å². The number of hydrogen-bond acceptors (Lipinski definition) is 8. The molecule has 0 fully saturated rings. The van der Waals surface area contributed by atoms with Crippen molar-refractivity contribution in [3.05, 3.63) is 127 Å². The van der Waals surface area contributed by atoms with Crippen molar-refractivity contribution in [1.29, 1.82) is 0 Å². The highest BCUT2D eigenvalue weighted by Gasteiger charge is 2.36. The zero-order valence-electron chi connectivity index (χ0n) is 19.3. The van der Waals surface area contributed by atoms with Crippen molar-refractivity contribution in [2.75, 3.05) is 0 Å². The second-order valence-electron chi connectivity index (χ2n) is 8.07. The fourth-order valence-electron chi connectivity index (χ4n) is 3.86. The van der Waals surface area contributed by atoms with Crippen LogP contribution in [0, 0.1) is 20.2 Å². The molecule has 0 N–H and O–H groups in total. The number of benzene rings is 3. The highest BCUT2D eigenvalue weighted by Crippen LogP contribution is 2.36. The second kappa shape index (κ2) is 10.1. The first-order chi connectivity index (χ1) is 18.3. The van der Waals surface area contributed by atoms with Crippen LogP contribution in [0.1, 0.15) is 22.9 Å². The number of nitrogens with zero attached hydrogens (tertiary/aromatic N) is 5. The van der Waals surface area contributed by atoms with E-state index in [1.54, 1.807) is 18.2 Å². The Bertz CT molecular complexity index is 1650. The number of rotatable bonds is 6. The first-order valence-corrected chi connectivity index (χ1v) is 11.5. The Hall–Kier alpha value is -5.16. The van der Waals surface area contributed by atoms with Crippen LogP contribution in [0.3, 0.4) is 0 Å². The van der Waals surface area contributed by atoms with Gasteiger partial charge in [-0.3, -0.25) is 25.0 Å². The van der Waals surface area contributed by atoms with Gasteiger partial charge in [0.05, 0.1) is 26.5 Å². The molecular weight excluding hydrogens is 514 g/mol. The summed E-state index contributed by atoms with van der Waals surface area (Å²) in [6.45, 7) is 0. The van der Waals surface area contributed by atoms with Crippen LogP contribution in [0.4, 0.5) is 11.4 Å². The van der Waals surface area contributed by atoms with E-state index in [4.69, 9.17) is 16.3 Å². The van der Waals surface area contributed by atoms with E-state index in [2.05, 4.69) is 10.1 Å². The standard InChI is InChI=1S/C26H16ClN5O6/c27-24-20(15-18-6-1-3-7-21(18)28-24)26-30(23(33)14-11-16-5-2-4-8-22(16)32(36)37)29-25(38-26)17-9-12-19(13-10-17)31(34)35/h1-15,26H/b14-11+. The summed E-state index contributed by atoms with van der Waals surface area (Å²) in [6.07, 6.45) is 1.34. The number of carbonyl (C=O) groups excluding carboxylic acids is 1. The predicted octanol–water partition coefficient (Wildman–Crippen LogP) is 5.64. The van der Waals surface area contributed by atoms with E-state index in [-0.39, 0.29) is 28.0 Å². The number of para-hydroxylation sites is 2. The summed E-state index contributed by atoms with van der Waals surface area (Å²) < 4.78 is 6.03. The van der Waals surface area contributed by atoms with Crippen molar-refractivity contribution in [2.45, 2.75) is 6.23 Å². The van der Waals surface area contributed by atoms with Gasteiger partial charge in [-0.2, -0.15) is 5.01 Å². The summed E-state index contributed by atoms with van der Waals surface area (Å²) >= 11 is 6.48. The van der Waals surface area contributed by atoms with Gasteiger partial charge >= 0.3 is 0 Å². The van der Waals surface area contributed by atoms with Crippen LogP contribution in [0.5, 0.6) is 0 Å². The number of aromatic nitrogens is 1. The van der Waals surface area contributed by atoms with Crippen LogP contribution in [-0.2, 0) is 9.53 Å². The van der Waals surface area contributed by atoms with Crippen molar-refractivity contribution in [3.63, 3.8) is 0 Å². The average Bonchev–Trinajstić information content (AvgIpc) is 3.37. The third kappa shape index (κ3) is 4.77. The van der Waals surface area contributed by atoms with Gasteiger partial charge in [-0.05, 0) is 36.4 Å². The molecule has 1 amide bonds. The Morgan fingerprint density at radius 1 is 0.974 bits per heavy atom. The molecule has 4 aromatic rings. The van der Waals surface area contributed by atoms with Gasteiger partial charge < -0.3 is 4.74 Å². The maximum absolute atomic E-state index is 13.3. The molecule has 0 radical (unpaired) electrons. The second-order valence-corrected chi connectivity index (χ2v) is 8.43. The molecule has 1 unspecified atom stereocenters. The maximum Gasteiger partial charge on any atom is 0.276 e. The number of hydrogen-bond donors (Lipinski definition) is 0. The average molecular weight is 530 g/mol. The van der Waals surface area contributed by atoms with Gasteiger partial charge in [0.15, 0.2) is 0 Å². The third-order valence-corrected chi connectivity index (χ3v) is 6.01. The van der Waals surface area contributed by atoms with Gasteiger partial charge in [0, 0.05) is 35.2 Å². The predicted molar refractivity (Wildman–Crippen MR) is 139 cm³/mol. The summed E-state index contributed by atoms with van der Waals surface area (Å²) in [5.74, 6) is -0.615. The molecule has 0 saturated heterocycles. The number of fused-ring (bicyclic) bond motifs is 1. The molecule has 38 heavy (non-hydrogen) atoms. The minimum atomic E-state index is -1.12. The fraction of sp³-hybridized carbons (Fsp3) is 0.0385. The zero-order valence-corrected chi connectivity index (χ0v) is 20.1. The van der Waals surface area contributed by atoms with E-state index >= 15 is 0 Å². The first kappa shape index (κ1) is 24.5. The maximum atomic E-state index is 13.3. The molecule has 1 aliphatic heterocycles. The lowest BCUT2D eigenvalue weighted by Gasteiger charge is -2.20. The lowest BCUT2D eigenvalue weighted by molar-refractivity contribution is -0.385. The largest absolute Gasteiger partial charge is 0.446 e. The normalized spacial score (nSPS) is 14.9. The summed E-state index contributed by atoms with van der Waals surface area (Å²) in [4.78, 5) is 39.0. The number of amides is 1. The Morgan fingerprint density at radius 3 is 2.42 bits per heavy atom. The Labute approximate surface area is 219 Å². The molecule has 12 heteroatoms. The Balaban J connectivity index is 1.54. The number of nitro benzene ring substituents is 2. The minimum Gasteiger partial charge on any atom is -0.446 e. The fourth-order valence-corrected chi connectivity index (χ4v) is 4.09. The van der Waals surface area contributed by atoms with Crippen LogP contribution in [0.2, 0.25) is 5.15 Å². The van der Waals surface area contributed by atoms with Gasteiger partial charge in [0.2, 0.25) is 12.1 Å². The molecule has 0 spiro atoms. The molecule has 1 aromatic heterocycles. The molecule has 1 aliphatic rings. The van der Waals surface area contributed by atoms with E-state index in [1.807, 2.05) is 18.2 Å². The molecule has 5 rings (SSSR count). The van der Waals surface area contributed by atoms with E-state index in [0.29, 0.717) is 16.6 Å². The van der Waals surface area contributed by atoms with Crippen LogP contribution < -0.4 is 0 Å². The number of carbonyl (C=O) groups is 1. The molecule has 0 saturated carbocycles. The molecule has 188 valence electrons. The summed E-state index contributed by atoms with van der Waals surface area (Å²) in [5.41, 5.74) is 1.34. The van der Waals surface area contributed by atoms with Crippen LogP contribution in [0.25, 0.3) is 17.0 Å². The Kier molecular flexibility index (Phi) is 6.50. The van der Waals surface area contributed by atoms with Crippen LogP contribution >= 0.6 is 11.6 Å². The van der Waals surface area contributed by atoms with Gasteiger partial charge in [-0.1, -0.05) is 41.9 Å². The first-order valence-electron chi connectivity index (χ1n) is 11.1. The van der Waals surface area contributed by atoms with E-state index in [0.717, 1.165) is 16.5 Å². The Morgan fingerprint density at radius 2 is 1.68 bits per heavy atom. The van der Waals surface area contributed by atoms with E-state index in [9.17, 15) is 25.0 Å². The van der Waals surface area contributed by atoms with E-state index < -0.39 is 22.0 Å². The van der Waals surface area contributed by atoms with Crippen molar-refractivity contribution in [2.24, 2.45) is 5.10 Å². The smallest absolute Gasteiger partial charge is 0.276 e. The number of non-ortho nitro benzene ring substituents is 1. The monoisotopic (exact) mass is 529 g/mol. The molecule has 1 atom stereocenters. The summed E-state index contributed by atoms with van der Waals surface area (Å²) in [6, 6.07) is 20.5. The number of nitro groups is 2. The highest BCUT2D eigenvalue weighted by atomic mass is 35.5. The van der Waals surface area contributed by atoms with Crippen molar-refractivity contribution in [1.82, 2.24) is 9.99 Å². The molecule has 0 aliphatic carbocycles. The van der Waals surface area contributed by atoms with Gasteiger partial charge in [-0.15, -0.1) is 5.10 Å². The van der Waals surface area contributed by atoms with Crippen molar-refractivity contribution >= 4 is 51.8 Å². The minimum absolute atomic E-state index is 0.0292. The number of ether oxygens (including phenoxy) is 1. The third-order valence-electron chi connectivity index (χ3n) is 5.70. The number of pyridine rings is 1. The molecule has 11 nitrogen and oxygen atoms in total. The molecular formula is C26H16ClN5O6.